The average Bonchev–Trinajstić information content (AvgIpc) is 2.55. The molecule has 2 atom stereocenters. The highest BCUT2D eigenvalue weighted by molar-refractivity contribution is 9.10. The van der Waals surface area contributed by atoms with Gasteiger partial charge < -0.3 is 14.6 Å². The van der Waals surface area contributed by atoms with Gasteiger partial charge in [-0.15, -0.1) is 0 Å². The van der Waals surface area contributed by atoms with Gasteiger partial charge in [-0.1, -0.05) is 23.2 Å². The van der Waals surface area contributed by atoms with Gasteiger partial charge in [0.25, 0.3) is 0 Å². The number of benzene rings is 2. The lowest BCUT2D eigenvalue weighted by Gasteiger charge is -2.32. The van der Waals surface area contributed by atoms with Gasteiger partial charge in [-0.05, 0) is 52.2 Å². The summed E-state index contributed by atoms with van der Waals surface area (Å²) in [5.74, 6) is -3.07. The molecule has 0 aromatic heterocycles. The van der Waals surface area contributed by atoms with E-state index in [1.165, 1.54) is 12.1 Å². The van der Waals surface area contributed by atoms with Crippen molar-refractivity contribution in [2.45, 2.75) is 18.7 Å². The Morgan fingerprint density at radius 1 is 1.22 bits per heavy atom. The number of ether oxygens (including phenoxy) is 2. The zero-order valence-electron chi connectivity index (χ0n) is 13.2. The van der Waals surface area contributed by atoms with Crippen molar-refractivity contribution < 1.29 is 32.5 Å². The lowest BCUT2D eigenvalue weighted by molar-refractivity contribution is -0.217. The average molecular weight is 486 g/mol. The minimum atomic E-state index is -4.83. The van der Waals surface area contributed by atoms with E-state index in [1.807, 2.05) is 0 Å². The summed E-state index contributed by atoms with van der Waals surface area (Å²) < 4.78 is 50.7. The smallest absolute Gasteiger partial charge is 0.426 e. The Balaban J connectivity index is 1.97. The second-order valence-electron chi connectivity index (χ2n) is 5.80. The van der Waals surface area contributed by atoms with Gasteiger partial charge in [-0.2, -0.15) is 13.2 Å². The fraction of sp³-hybridized carbons (Fsp3) is 0.235. The molecular formula is C17H10BrCl2F3O4. The number of hydrogen-bond acceptors (Lipinski definition) is 3. The van der Waals surface area contributed by atoms with Crippen molar-refractivity contribution in [2.75, 3.05) is 0 Å². The first-order valence-electron chi connectivity index (χ1n) is 7.47. The number of carbonyl (C=O) groups is 1. The molecule has 1 aliphatic heterocycles. The predicted octanol–water partition coefficient (Wildman–Crippen LogP) is 6.11. The molecule has 0 spiro atoms. The van der Waals surface area contributed by atoms with Crippen LogP contribution in [0.15, 0.2) is 34.8 Å². The highest BCUT2D eigenvalue weighted by atomic mass is 79.9. The number of fused-ring (bicyclic) bond motifs is 1. The van der Waals surface area contributed by atoms with E-state index in [4.69, 9.17) is 37.8 Å². The normalized spacial score (nSPS) is 19.2. The van der Waals surface area contributed by atoms with Gasteiger partial charge in [-0.25, -0.2) is 0 Å². The minimum Gasteiger partial charge on any atom is -0.481 e. The molecule has 0 aliphatic carbocycles. The molecule has 0 fully saturated rings. The molecule has 0 saturated carbocycles. The molecule has 0 bridgehead atoms. The van der Waals surface area contributed by atoms with Crippen LogP contribution in [0.3, 0.4) is 0 Å². The molecule has 4 nitrogen and oxygen atoms in total. The van der Waals surface area contributed by atoms with Crippen LogP contribution in [0.4, 0.5) is 13.2 Å². The predicted molar refractivity (Wildman–Crippen MR) is 96.0 cm³/mol. The summed E-state index contributed by atoms with van der Waals surface area (Å²) in [6.07, 6.45) is -7.65. The minimum absolute atomic E-state index is 0.0631. The molecule has 27 heavy (non-hydrogen) atoms. The van der Waals surface area contributed by atoms with Crippen LogP contribution in [0.5, 0.6) is 17.2 Å². The SMILES string of the molecule is O=C(O)[C@@H]1Cc2cc(Cl)c(Oc3ccc(Cl)cc3Br)cc2O[C@@H]1C(F)(F)F. The van der Waals surface area contributed by atoms with E-state index >= 15 is 0 Å². The third-order valence-electron chi connectivity index (χ3n) is 3.93. The van der Waals surface area contributed by atoms with E-state index in [0.717, 1.165) is 0 Å². The Morgan fingerprint density at radius 2 is 1.93 bits per heavy atom. The van der Waals surface area contributed by atoms with Crippen LogP contribution in [0.25, 0.3) is 0 Å². The fourth-order valence-corrected chi connectivity index (χ4v) is 3.66. The molecule has 2 aromatic carbocycles. The topological polar surface area (TPSA) is 55.8 Å². The van der Waals surface area contributed by atoms with E-state index in [1.54, 1.807) is 18.2 Å². The van der Waals surface area contributed by atoms with Crippen LogP contribution >= 0.6 is 39.1 Å². The first kappa shape index (κ1) is 20.1. The van der Waals surface area contributed by atoms with E-state index in [0.29, 0.717) is 15.2 Å². The van der Waals surface area contributed by atoms with Crippen LogP contribution in [0.2, 0.25) is 10.0 Å². The van der Waals surface area contributed by atoms with E-state index in [9.17, 15) is 18.0 Å². The quantitative estimate of drug-likeness (QED) is 0.569. The summed E-state index contributed by atoms with van der Waals surface area (Å²) in [7, 11) is 0. The molecule has 144 valence electrons. The van der Waals surface area contributed by atoms with Gasteiger partial charge in [0.1, 0.15) is 23.2 Å². The summed E-state index contributed by atoms with van der Waals surface area (Å²) in [4.78, 5) is 11.2. The van der Waals surface area contributed by atoms with Crippen molar-refractivity contribution in [1.82, 2.24) is 0 Å². The summed E-state index contributed by atoms with van der Waals surface area (Å²) in [5.41, 5.74) is 0.260. The maximum atomic E-state index is 13.2. The molecule has 0 saturated heterocycles. The molecule has 0 unspecified atom stereocenters. The van der Waals surface area contributed by atoms with Crippen molar-refractivity contribution in [2.24, 2.45) is 5.92 Å². The lowest BCUT2D eigenvalue weighted by Crippen LogP contribution is -2.47. The van der Waals surface area contributed by atoms with E-state index in [-0.39, 0.29) is 28.5 Å². The van der Waals surface area contributed by atoms with Crippen LogP contribution in [0, 0.1) is 5.92 Å². The first-order chi connectivity index (χ1) is 12.6. The van der Waals surface area contributed by atoms with Gasteiger partial charge in [0.05, 0.1) is 9.50 Å². The first-order valence-corrected chi connectivity index (χ1v) is 9.02. The second kappa shape index (κ2) is 7.41. The number of alkyl halides is 3. The Labute approximate surface area is 169 Å². The van der Waals surface area contributed by atoms with Gasteiger partial charge in [-0.3, -0.25) is 4.79 Å². The zero-order valence-corrected chi connectivity index (χ0v) is 16.3. The van der Waals surface area contributed by atoms with Gasteiger partial charge in [0, 0.05) is 11.1 Å². The number of carboxylic acids is 1. The standard InChI is InChI=1S/C17H10BrCl2F3O4/c18-10-5-8(19)1-2-12(10)26-14-6-13-7(4-11(14)20)3-9(16(24)25)15(27-13)17(21,22)23/h1-2,4-6,9,15H,3H2,(H,24,25)/t9-,15+/m1/s1. The molecule has 1 N–H and O–H groups in total. The monoisotopic (exact) mass is 484 g/mol. The molecule has 10 heteroatoms. The molecule has 3 rings (SSSR count). The maximum Gasteiger partial charge on any atom is 0.426 e. The van der Waals surface area contributed by atoms with Crippen LogP contribution in [-0.4, -0.2) is 23.4 Å². The Bertz CT molecular complexity index is 904. The zero-order chi connectivity index (χ0) is 19.9. The van der Waals surface area contributed by atoms with Crippen LogP contribution in [-0.2, 0) is 11.2 Å². The number of halogens is 6. The molecule has 1 heterocycles. The Kier molecular flexibility index (Phi) is 5.52. The summed E-state index contributed by atoms with van der Waals surface area (Å²) >= 11 is 15.3. The fourth-order valence-electron chi connectivity index (χ4n) is 2.67. The molecule has 1 aliphatic rings. The van der Waals surface area contributed by atoms with Crippen molar-refractivity contribution in [3.8, 4) is 17.2 Å². The maximum absolute atomic E-state index is 13.2. The Hall–Kier alpha value is -1.64. The number of aliphatic carboxylic acids is 1. The third kappa shape index (κ3) is 4.28. The van der Waals surface area contributed by atoms with Crippen molar-refractivity contribution >= 4 is 45.1 Å². The highest BCUT2D eigenvalue weighted by Gasteiger charge is 2.52. The van der Waals surface area contributed by atoms with Gasteiger partial charge in [0.15, 0.2) is 0 Å². The molecule has 0 amide bonds. The molecule has 2 aromatic rings. The summed E-state index contributed by atoms with van der Waals surface area (Å²) in [6.45, 7) is 0. The van der Waals surface area contributed by atoms with Gasteiger partial charge >= 0.3 is 12.1 Å². The van der Waals surface area contributed by atoms with Crippen molar-refractivity contribution in [1.29, 1.82) is 0 Å². The highest BCUT2D eigenvalue weighted by Crippen LogP contribution is 2.44. The van der Waals surface area contributed by atoms with Gasteiger partial charge in [0.2, 0.25) is 6.10 Å². The van der Waals surface area contributed by atoms with E-state index in [2.05, 4.69) is 15.9 Å². The lowest BCUT2D eigenvalue weighted by atomic mass is 9.90. The summed E-state index contributed by atoms with van der Waals surface area (Å²) in [5, 5.41) is 9.68. The van der Waals surface area contributed by atoms with Crippen LogP contribution < -0.4 is 9.47 Å². The third-order valence-corrected chi connectivity index (χ3v) is 5.08. The molecule has 0 radical (unpaired) electrons. The summed E-state index contributed by atoms with van der Waals surface area (Å²) in [6, 6.07) is 7.27. The Morgan fingerprint density at radius 3 is 2.52 bits per heavy atom. The van der Waals surface area contributed by atoms with Crippen LogP contribution in [0.1, 0.15) is 5.56 Å². The van der Waals surface area contributed by atoms with Crippen molar-refractivity contribution in [3.63, 3.8) is 0 Å². The number of carboxylic acid groups (broad SMARTS) is 1. The molecular weight excluding hydrogens is 476 g/mol. The second-order valence-corrected chi connectivity index (χ2v) is 7.49. The largest absolute Gasteiger partial charge is 0.481 e. The van der Waals surface area contributed by atoms with Crippen molar-refractivity contribution in [3.05, 3.63) is 50.4 Å². The number of hydrogen-bond donors (Lipinski definition) is 1. The number of rotatable bonds is 3. The van der Waals surface area contributed by atoms with E-state index < -0.39 is 24.2 Å².